The predicted molar refractivity (Wildman–Crippen MR) is 87.1 cm³/mol. The molecule has 0 spiro atoms. The Labute approximate surface area is 132 Å². The molecule has 0 saturated heterocycles. The third kappa shape index (κ3) is 5.47. The van der Waals surface area contributed by atoms with Gasteiger partial charge < -0.3 is 5.32 Å². The third-order valence-electron chi connectivity index (χ3n) is 2.71. The van der Waals surface area contributed by atoms with Crippen LogP contribution in [0.4, 0.5) is 9.52 Å². The fraction of sp³-hybridized carbons (Fsp3) is 0.333. The Balaban J connectivity index is 1.77. The highest BCUT2D eigenvalue weighted by Crippen LogP contribution is 2.22. The molecule has 0 aliphatic heterocycles. The summed E-state index contributed by atoms with van der Waals surface area (Å²) in [6.07, 6.45) is 1.35. The highest BCUT2D eigenvalue weighted by Gasteiger charge is 2.06. The van der Waals surface area contributed by atoms with Gasteiger partial charge in [-0.3, -0.25) is 4.79 Å². The Kier molecular flexibility index (Phi) is 6.20. The molecule has 1 N–H and O–H groups in total. The average molecular weight is 324 g/mol. The van der Waals surface area contributed by atoms with Gasteiger partial charge in [0, 0.05) is 23.3 Å². The molecule has 21 heavy (non-hydrogen) atoms. The number of thiazole rings is 1. The molecule has 2 aromatic rings. The molecule has 0 bridgehead atoms. The van der Waals surface area contributed by atoms with Gasteiger partial charge in [0.1, 0.15) is 5.82 Å². The molecule has 0 radical (unpaired) electrons. The standard InChI is InChI=1S/C15H17FN2OS2/c1-2-3-14(19)18-15-17-13(10-21-15)9-20-8-11-4-6-12(16)7-5-11/h4-7,10H,2-3,8-9H2,1H3,(H,17,18,19). The van der Waals surface area contributed by atoms with Crippen LogP contribution in [0.1, 0.15) is 31.0 Å². The first-order valence-electron chi connectivity index (χ1n) is 6.74. The molecule has 1 aromatic carbocycles. The van der Waals surface area contributed by atoms with Crippen molar-refractivity contribution in [3.05, 3.63) is 46.7 Å². The van der Waals surface area contributed by atoms with E-state index >= 15 is 0 Å². The lowest BCUT2D eigenvalue weighted by atomic mass is 10.2. The number of rotatable bonds is 7. The first kappa shape index (κ1) is 16.0. The maximum absolute atomic E-state index is 12.8. The summed E-state index contributed by atoms with van der Waals surface area (Å²) in [5.74, 6) is 1.39. The maximum Gasteiger partial charge on any atom is 0.226 e. The Hall–Kier alpha value is -1.40. The number of aromatic nitrogens is 1. The van der Waals surface area contributed by atoms with Gasteiger partial charge in [0.25, 0.3) is 0 Å². The Morgan fingerprint density at radius 3 is 2.81 bits per heavy atom. The fourth-order valence-electron chi connectivity index (χ4n) is 1.69. The second kappa shape index (κ2) is 8.14. The lowest BCUT2D eigenvalue weighted by Gasteiger charge is -2.00. The summed E-state index contributed by atoms with van der Waals surface area (Å²) < 4.78 is 12.8. The molecular formula is C15H17FN2OS2. The molecule has 0 unspecified atom stereocenters. The SMILES string of the molecule is CCCC(=O)Nc1nc(CSCc2ccc(F)cc2)cs1. The molecule has 3 nitrogen and oxygen atoms in total. The summed E-state index contributed by atoms with van der Waals surface area (Å²) in [6.45, 7) is 1.97. The quantitative estimate of drug-likeness (QED) is 0.818. The van der Waals surface area contributed by atoms with Crippen LogP contribution in [0, 0.1) is 5.82 Å². The number of carbonyl (C=O) groups is 1. The Morgan fingerprint density at radius 2 is 2.10 bits per heavy atom. The molecule has 1 heterocycles. The van der Waals surface area contributed by atoms with Crippen molar-refractivity contribution in [3.8, 4) is 0 Å². The molecule has 112 valence electrons. The molecule has 0 aliphatic carbocycles. The summed E-state index contributed by atoms with van der Waals surface area (Å²) in [5.41, 5.74) is 2.05. The van der Waals surface area contributed by atoms with Gasteiger partial charge >= 0.3 is 0 Å². The number of nitrogens with one attached hydrogen (secondary N) is 1. The number of amides is 1. The minimum absolute atomic E-state index is 0.0114. The number of hydrogen-bond donors (Lipinski definition) is 1. The zero-order valence-electron chi connectivity index (χ0n) is 11.8. The van der Waals surface area contributed by atoms with Crippen molar-refractivity contribution >= 4 is 34.1 Å². The van der Waals surface area contributed by atoms with Crippen LogP contribution in [0.3, 0.4) is 0 Å². The second-order valence-corrected chi connectivity index (χ2v) is 6.41. The van der Waals surface area contributed by atoms with E-state index in [1.54, 1.807) is 23.9 Å². The largest absolute Gasteiger partial charge is 0.302 e. The van der Waals surface area contributed by atoms with E-state index in [4.69, 9.17) is 0 Å². The smallest absolute Gasteiger partial charge is 0.226 e. The van der Waals surface area contributed by atoms with E-state index in [1.807, 2.05) is 12.3 Å². The van der Waals surface area contributed by atoms with E-state index in [9.17, 15) is 9.18 Å². The van der Waals surface area contributed by atoms with Gasteiger partial charge in [-0.25, -0.2) is 9.37 Å². The highest BCUT2D eigenvalue weighted by atomic mass is 32.2. The summed E-state index contributed by atoms with van der Waals surface area (Å²) in [7, 11) is 0. The van der Waals surface area contributed by atoms with Crippen LogP contribution in [0.25, 0.3) is 0 Å². The van der Waals surface area contributed by atoms with Crippen LogP contribution in [0.5, 0.6) is 0 Å². The minimum Gasteiger partial charge on any atom is -0.302 e. The van der Waals surface area contributed by atoms with Crippen molar-refractivity contribution in [2.75, 3.05) is 5.32 Å². The van der Waals surface area contributed by atoms with Crippen LogP contribution in [-0.2, 0) is 16.3 Å². The summed E-state index contributed by atoms with van der Waals surface area (Å²) in [5, 5.41) is 5.41. The molecule has 1 aromatic heterocycles. The Morgan fingerprint density at radius 1 is 1.33 bits per heavy atom. The normalized spacial score (nSPS) is 10.6. The lowest BCUT2D eigenvalue weighted by Crippen LogP contribution is -2.10. The topological polar surface area (TPSA) is 42.0 Å². The van der Waals surface area contributed by atoms with E-state index < -0.39 is 0 Å². The van der Waals surface area contributed by atoms with Crippen LogP contribution < -0.4 is 5.32 Å². The molecule has 1 amide bonds. The van der Waals surface area contributed by atoms with E-state index in [2.05, 4.69) is 10.3 Å². The molecule has 6 heteroatoms. The number of carbonyl (C=O) groups excluding carboxylic acids is 1. The van der Waals surface area contributed by atoms with Crippen molar-refractivity contribution in [3.63, 3.8) is 0 Å². The Bertz CT molecular complexity index is 584. The van der Waals surface area contributed by atoms with E-state index in [-0.39, 0.29) is 11.7 Å². The third-order valence-corrected chi connectivity index (χ3v) is 4.55. The summed E-state index contributed by atoms with van der Waals surface area (Å²) in [4.78, 5) is 15.9. The maximum atomic E-state index is 12.8. The monoisotopic (exact) mass is 324 g/mol. The van der Waals surface area contributed by atoms with Crippen molar-refractivity contribution in [2.24, 2.45) is 0 Å². The number of halogens is 1. The number of nitrogens with zero attached hydrogens (tertiary/aromatic N) is 1. The van der Waals surface area contributed by atoms with Crippen LogP contribution >= 0.6 is 23.1 Å². The van der Waals surface area contributed by atoms with Crippen LogP contribution in [0.15, 0.2) is 29.6 Å². The summed E-state index contributed by atoms with van der Waals surface area (Å²) in [6, 6.07) is 6.53. The van der Waals surface area contributed by atoms with Crippen LogP contribution in [0.2, 0.25) is 0 Å². The zero-order valence-corrected chi connectivity index (χ0v) is 13.4. The number of benzene rings is 1. The van der Waals surface area contributed by atoms with Crippen molar-refractivity contribution in [1.82, 2.24) is 4.98 Å². The minimum atomic E-state index is -0.212. The van der Waals surface area contributed by atoms with Gasteiger partial charge in [-0.05, 0) is 24.1 Å². The van der Waals surface area contributed by atoms with E-state index in [0.717, 1.165) is 29.2 Å². The van der Waals surface area contributed by atoms with Crippen molar-refractivity contribution < 1.29 is 9.18 Å². The molecule has 0 atom stereocenters. The first-order chi connectivity index (χ1) is 10.2. The molecule has 0 fully saturated rings. The van der Waals surface area contributed by atoms with Gasteiger partial charge in [-0.1, -0.05) is 19.1 Å². The predicted octanol–water partition coefficient (Wildman–Crippen LogP) is 4.45. The fourth-order valence-corrected chi connectivity index (χ4v) is 3.41. The average Bonchev–Trinajstić information content (AvgIpc) is 2.89. The molecule has 0 aliphatic rings. The zero-order chi connectivity index (χ0) is 15.1. The lowest BCUT2D eigenvalue weighted by molar-refractivity contribution is -0.116. The molecule has 0 saturated carbocycles. The molecule has 2 rings (SSSR count). The number of anilines is 1. The van der Waals surface area contributed by atoms with Gasteiger partial charge in [0.15, 0.2) is 5.13 Å². The van der Waals surface area contributed by atoms with Crippen molar-refractivity contribution in [2.45, 2.75) is 31.3 Å². The van der Waals surface area contributed by atoms with Gasteiger partial charge in [0.05, 0.1) is 5.69 Å². The first-order valence-corrected chi connectivity index (χ1v) is 8.77. The van der Waals surface area contributed by atoms with Gasteiger partial charge in [-0.2, -0.15) is 11.8 Å². The van der Waals surface area contributed by atoms with Gasteiger partial charge in [-0.15, -0.1) is 11.3 Å². The van der Waals surface area contributed by atoms with E-state index in [1.165, 1.54) is 23.5 Å². The van der Waals surface area contributed by atoms with E-state index in [0.29, 0.717) is 11.6 Å². The van der Waals surface area contributed by atoms with Gasteiger partial charge in [0.2, 0.25) is 5.91 Å². The summed E-state index contributed by atoms with van der Waals surface area (Å²) >= 11 is 3.16. The molecular weight excluding hydrogens is 307 g/mol. The highest BCUT2D eigenvalue weighted by molar-refractivity contribution is 7.97. The second-order valence-electron chi connectivity index (χ2n) is 4.56. The number of hydrogen-bond acceptors (Lipinski definition) is 4. The van der Waals surface area contributed by atoms with Crippen LogP contribution in [-0.4, -0.2) is 10.9 Å². The van der Waals surface area contributed by atoms with Crippen molar-refractivity contribution in [1.29, 1.82) is 0 Å². The number of thioether (sulfide) groups is 1.